The maximum atomic E-state index is 13.7. The van der Waals surface area contributed by atoms with Gasteiger partial charge in [0.25, 0.3) is 0 Å². The molecule has 0 bridgehead atoms. The Balaban J connectivity index is 1.63. The summed E-state index contributed by atoms with van der Waals surface area (Å²) in [5.74, 6) is -1.14. The van der Waals surface area contributed by atoms with Crippen LogP contribution in [0.15, 0.2) is 48.7 Å². The summed E-state index contributed by atoms with van der Waals surface area (Å²) in [4.78, 5) is 19.2. The van der Waals surface area contributed by atoms with Gasteiger partial charge in [0.15, 0.2) is 5.75 Å². The molecule has 4 rings (SSSR count). The molecule has 1 aliphatic heterocycles. The van der Waals surface area contributed by atoms with E-state index in [4.69, 9.17) is 0 Å². The van der Waals surface area contributed by atoms with E-state index in [0.29, 0.717) is 23.0 Å². The van der Waals surface area contributed by atoms with Gasteiger partial charge in [-0.1, -0.05) is 24.3 Å². The lowest BCUT2D eigenvalue weighted by Gasteiger charge is -2.24. The third kappa shape index (κ3) is 7.84. The van der Waals surface area contributed by atoms with Gasteiger partial charge in [0.05, 0.1) is 16.9 Å². The number of halogens is 6. The zero-order valence-corrected chi connectivity index (χ0v) is 21.4. The van der Waals surface area contributed by atoms with Crippen molar-refractivity contribution in [1.29, 1.82) is 0 Å². The fraction of sp³-hybridized carbons (Fsp3) is 0.370. The van der Waals surface area contributed by atoms with Crippen molar-refractivity contribution in [2.45, 2.75) is 51.1 Å². The number of hydrogen-bond donors (Lipinski definition) is 3. The van der Waals surface area contributed by atoms with Crippen LogP contribution in [0.3, 0.4) is 0 Å². The first-order valence-electron chi connectivity index (χ1n) is 12.5. The van der Waals surface area contributed by atoms with E-state index in [9.17, 15) is 31.1 Å². The Kier molecular flexibility index (Phi) is 8.82. The van der Waals surface area contributed by atoms with E-state index < -0.39 is 23.9 Å². The van der Waals surface area contributed by atoms with Gasteiger partial charge in [-0.3, -0.25) is 4.79 Å². The van der Waals surface area contributed by atoms with Crippen LogP contribution in [0.1, 0.15) is 48.1 Å². The van der Waals surface area contributed by atoms with Crippen LogP contribution in [0.5, 0.6) is 5.75 Å². The second-order valence-corrected chi connectivity index (χ2v) is 9.34. The zero-order valence-electron chi connectivity index (χ0n) is 21.4. The van der Waals surface area contributed by atoms with E-state index in [1.54, 1.807) is 30.3 Å². The first-order chi connectivity index (χ1) is 18.9. The molecule has 1 amide bonds. The predicted molar refractivity (Wildman–Crippen MR) is 136 cm³/mol. The molecule has 13 heteroatoms. The lowest BCUT2D eigenvalue weighted by atomic mass is 9.90. The topological polar surface area (TPSA) is 88.2 Å². The van der Waals surface area contributed by atoms with Gasteiger partial charge in [-0.15, -0.1) is 13.2 Å². The number of benzene rings is 2. The van der Waals surface area contributed by atoms with Crippen molar-refractivity contribution in [3.05, 3.63) is 71.0 Å². The number of nitrogens with zero attached hydrogens (tertiary/aromatic N) is 2. The zero-order chi connectivity index (χ0) is 28.9. The van der Waals surface area contributed by atoms with Crippen molar-refractivity contribution in [1.82, 2.24) is 15.3 Å². The van der Waals surface area contributed by atoms with Gasteiger partial charge < -0.3 is 20.7 Å². The summed E-state index contributed by atoms with van der Waals surface area (Å²) >= 11 is 0. The smallest absolute Gasteiger partial charge is 0.404 e. The summed E-state index contributed by atoms with van der Waals surface area (Å²) < 4.78 is 85.1. The molecule has 7 nitrogen and oxygen atoms in total. The van der Waals surface area contributed by atoms with E-state index in [0.717, 1.165) is 25.9 Å². The minimum Gasteiger partial charge on any atom is -0.404 e. The second kappa shape index (κ2) is 12.1. The third-order valence-corrected chi connectivity index (χ3v) is 6.42. The molecule has 0 saturated carbocycles. The number of carbonyl (C=O) groups excluding carboxylic acids is 1. The average molecular weight is 568 g/mol. The molecule has 2 heterocycles. The summed E-state index contributed by atoms with van der Waals surface area (Å²) in [6.07, 6.45) is -7.74. The van der Waals surface area contributed by atoms with Crippen LogP contribution < -0.4 is 20.7 Å². The summed E-state index contributed by atoms with van der Waals surface area (Å²) in [5.41, 5.74) is 0.150. The largest absolute Gasteiger partial charge is 0.573 e. The monoisotopic (exact) mass is 567 g/mol. The molecule has 0 radical (unpaired) electrons. The van der Waals surface area contributed by atoms with E-state index >= 15 is 0 Å². The molecule has 0 aliphatic carbocycles. The van der Waals surface area contributed by atoms with Crippen molar-refractivity contribution in [3.63, 3.8) is 0 Å². The van der Waals surface area contributed by atoms with Gasteiger partial charge in [-0.2, -0.15) is 13.2 Å². The van der Waals surface area contributed by atoms with Crippen LogP contribution in [0.25, 0.3) is 0 Å². The SMILES string of the molecule is CC(=O)Nc1ccccc1CCc1nc(Nc2ccc(C3CCNCC3)cc2OC(F)(F)F)ncc1C(F)(F)F. The molecular weight excluding hydrogens is 540 g/mol. The molecule has 3 N–H and O–H groups in total. The molecule has 214 valence electrons. The van der Waals surface area contributed by atoms with Crippen LogP contribution in [0.2, 0.25) is 0 Å². The number of para-hydroxylation sites is 1. The Labute approximate surface area is 226 Å². The number of anilines is 3. The lowest BCUT2D eigenvalue weighted by Crippen LogP contribution is -2.26. The van der Waals surface area contributed by atoms with Gasteiger partial charge in [-0.25, -0.2) is 9.97 Å². The third-order valence-electron chi connectivity index (χ3n) is 6.42. The van der Waals surface area contributed by atoms with Gasteiger partial charge in [0, 0.05) is 18.8 Å². The summed E-state index contributed by atoms with van der Waals surface area (Å²) in [5, 5.41) is 8.43. The van der Waals surface area contributed by atoms with Crippen molar-refractivity contribution in [2.24, 2.45) is 0 Å². The fourth-order valence-corrected chi connectivity index (χ4v) is 4.59. The highest BCUT2D eigenvalue weighted by atomic mass is 19.4. The summed E-state index contributed by atoms with van der Waals surface area (Å²) in [7, 11) is 0. The van der Waals surface area contributed by atoms with Crippen LogP contribution in [0, 0.1) is 0 Å². The molecule has 0 unspecified atom stereocenters. The van der Waals surface area contributed by atoms with Crippen molar-refractivity contribution in [2.75, 3.05) is 23.7 Å². The highest BCUT2D eigenvalue weighted by Crippen LogP contribution is 2.37. The lowest BCUT2D eigenvalue weighted by molar-refractivity contribution is -0.274. The van der Waals surface area contributed by atoms with Gasteiger partial charge >= 0.3 is 12.5 Å². The average Bonchev–Trinajstić information content (AvgIpc) is 2.88. The fourth-order valence-electron chi connectivity index (χ4n) is 4.59. The van der Waals surface area contributed by atoms with Crippen molar-refractivity contribution >= 4 is 23.2 Å². The van der Waals surface area contributed by atoms with E-state index in [1.165, 1.54) is 19.1 Å². The number of piperidine rings is 1. The number of ether oxygens (including phenoxy) is 1. The number of aryl methyl sites for hydroxylation is 2. The molecule has 40 heavy (non-hydrogen) atoms. The number of aromatic nitrogens is 2. The summed E-state index contributed by atoms with van der Waals surface area (Å²) in [6, 6.07) is 11.0. The van der Waals surface area contributed by atoms with Crippen molar-refractivity contribution in [3.8, 4) is 5.75 Å². The normalized spacial score (nSPS) is 14.6. The number of alkyl halides is 6. The molecule has 0 atom stereocenters. The highest BCUT2D eigenvalue weighted by molar-refractivity contribution is 5.89. The Morgan fingerprint density at radius 2 is 1.75 bits per heavy atom. The minimum absolute atomic E-state index is 0.0418. The van der Waals surface area contributed by atoms with Crippen LogP contribution in [-0.2, 0) is 23.8 Å². The Morgan fingerprint density at radius 3 is 2.42 bits per heavy atom. The molecule has 1 aliphatic rings. The molecule has 3 aromatic rings. The van der Waals surface area contributed by atoms with Crippen LogP contribution in [0.4, 0.5) is 43.7 Å². The Bertz CT molecular complexity index is 1340. The number of nitrogens with one attached hydrogen (secondary N) is 3. The highest BCUT2D eigenvalue weighted by Gasteiger charge is 2.35. The quantitative estimate of drug-likeness (QED) is 0.275. The first kappa shape index (κ1) is 29.1. The van der Waals surface area contributed by atoms with Gasteiger partial charge in [-0.05, 0) is 74.0 Å². The van der Waals surface area contributed by atoms with E-state index in [1.807, 2.05) is 0 Å². The standard InChI is InChI=1S/C27H27F6N5O2/c1-16(39)36-21-5-3-2-4-18(21)6-8-22-20(26(28,29)30)15-35-25(37-22)38-23-9-7-19(17-10-12-34-13-11-17)14-24(23)40-27(31,32)33/h2-5,7,9,14-15,17,34H,6,8,10-13H2,1H3,(H,36,39)(H,35,37,38). The molecule has 1 saturated heterocycles. The molecule has 2 aromatic carbocycles. The number of hydrogen-bond acceptors (Lipinski definition) is 6. The van der Waals surface area contributed by atoms with Crippen LogP contribution in [-0.4, -0.2) is 35.3 Å². The molecule has 0 spiro atoms. The van der Waals surface area contributed by atoms with Gasteiger partial charge in [0.2, 0.25) is 11.9 Å². The van der Waals surface area contributed by atoms with Gasteiger partial charge in [0.1, 0.15) is 0 Å². The number of carbonyl (C=O) groups is 1. The predicted octanol–water partition coefficient (Wildman–Crippen LogP) is 6.35. The Hall–Kier alpha value is -3.87. The Morgan fingerprint density at radius 1 is 1.02 bits per heavy atom. The second-order valence-electron chi connectivity index (χ2n) is 9.34. The minimum atomic E-state index is -4.99. The van der Waals surface area contributed by atoms with E-state index in [-0.39, 0.29) is 42.0 Å². The van der Waals surface area contributed by atoms with Crippen LogP contribution >= 0.6 is 0 Å². The molecule has 1 aromatic heterocycles. The maximum absolute atomic E-state index is 13.7. The molecular formula is C27H27F6N5O2. The molecule has 1 fully saturated rings. The van der Waals surface area contributed by atoms with Crippen molar-refractivity contribution < 1.29 is 35.9 Å². The first-order valence-corrected chi connectivity index (χ1v) is 12.5. The number of amides is 1. The number of rotatable bonds is 8. The maximum Gasteiger partial charge on any atom is 0.573 e. The summed E-state index contributed by atoms with van der Waals surface area (Å²) in [6.45, 7) is 2.78. The van der Waals surface area contributed by atoms with E-state index in [2.05, 4.69) is 30.7 Å².